The number of benzene rings is 1. The number of imidazole rings is 1. The van der Waals surface area contributed by atoms with Crippen molar-refractivity contribution in [2.24, 2.45) is 0 Å². The largest absolute Gasteiger partial charge is 0.390 e. The van der Waals surface area contributed by atoms with Crippen molar-refractivity contribution < 1.29 is 13.2 Å². The zero-order valence-corrected chi connectivity index (χ0v) is 11.9. The van der Waals surface area contributed by atoms with Gasteiger partial charge in [0.25, 0.3) is 0 Å². The number of halogens is 3. The molecule has 2 unspecified atom stereocenters. The molecule has 1 aromatic heterocycles. The van der Waals surface area contributed by atoms with Gasteiger partial charge in [-0.1, -0.05) is 12.1 Å². The molecule has 21 heavy (non-hydrogen) atoms. The molecular weight excluding hydrogens is 279 g/mol. The zero-order chi connectivity index (χ0) is 15.5. The highest BCUT2D eigenvalue weighted by Crippen LogP contribution is 2.23. The Labute approximate surface area is 121 Å². The maximum atomic E-state index is 12.3. The van der Waals surface area contributed by atoms with E-state index in [1.807, 2.05) is 42.0 Å². The fraction of sp³-hybridized carbons (Fsp3) is 0.400. The lowest BCUT2D eigenvalue weighted by Gasteiger charge is -2.21. The Bertz CT molecular complexity index is 547. The predicted molar refractivity (Wildman–Crippen MR) is 75.2 cm³/mol. The Morgan fingerprint density at radius 1 is 1.19 bits per heavy atom. The van der Waals surface area contributed by atoms with Crippen LogP contribution in [0.2, 0.25) is 0 Å². The third kappa shape index (κ3) is 4.60. The third-order valence-corrected chi connectivity index (χ3v) is 3.27. The first kappa shape index (κ1) is 15.6. The molecule has 0 aliphatic rings. The summed E-state index contributed by atoms with van der Waals surface area (Å²) in [6.07, 6.45) is 0.253. The Balaban J connectivity index is 1.98. The summed E-state index contributed by atoms with van der Waals surface area (Å²) in [7, 11) is 0. The highest BCUT2D eigenvalue weighted by molar-refractivity contribution is 5.35. The third-order valence-electron chi connectivity index (χ3n) is 3.27. The van der Waals surface area contributed by atoms with E-state index < -0.39 is 18.6 Å². The second-order valence-corrected chi connectivity index (χ2v) is 5.17. The van der Waals surface area contributed by atoms with Gasteiger partial charge >= 0.3 is 6.18 Å². The Morgan fingerprint density at radius 3 is 2.38 bits per heavy atom. The summed E-state index contributed by atoms with van der Waals surface area (Å²) in [5.74, 6) is 0. The van der Waals surface area contributed by atoms with Crippen LogP contribution in [0.1, 0.15) is 31.9 Å². The van der Waals surface area contributed by atoms with Gasteiger partial charge in [-0.25, -0.2) is 4.98 Å². The van der Waals surface area contributed by atoms with Crippen molar-refractivity contribution in [3.05, 3.63) is 48.5 Å². The molecule has 1 heterocycles. The van der Waals surface area contributed by atoms with E-state index in [0.717, 1.165) is 11.3 Å². The molecule has 2 atom stereocenters. The van der Waals surface area contributed by atoms with Gasteiger partial charge in [0.05, 0.1) is 12.7 Å². The van der Waals surface area contributed by atoms with Crippen molar-refractivity contribution in [1.82, 2.24) is 14.9 Å². The van der Waals surface area contributed by atoms with Crippen molar-refractivity contribution in [3.8, 4) is 5.69 Å². The maximum Gasteiger partial charge on any atom is 0.390 e. The minimum Gasteiger partial charge on any atom is -0.307 e. The Morgan fingerprint density at radius 2 is 1.86 bits per heavy atom. The number of rotatable bonds is 5. The van der Waals surface area contributed by atoms with Crippen molar-refractivity contribution >= 4 is 0 Å². The summed E-state index contributed by atoms with van der Waals surface area (Å²) in [5.41, 5.74) is 1.92. The number of hydrogen-bond donors (Lipinski definition) is 1. The summed E-state index contributed by atoms with van der Waals surface area (Å²) in [5, 5.41) is 2.97. The molecule has 0 saturated heterocycles. The summed E-state index contributed by atoms with van der Waals surface area (Å²) in [6, 6.07) is 6.90. The molecule has 2 rings (SSSR count). The molecule has 0 aliphatic carbocycles. The van der Waals surface area contributed by atoms with Gasteiger partial charge in [0, 0.05) is 30.2 Å². The molecule has 1 N–H and O–H groups in total. The average Bonchev–Trinajstić information content (AvgIpc) is 2.90. The number of nitrogens with one attached hydrogen (secondary N) is 1. The molecule has 0 bridgehead atoms. The molecule has 114 valence electrons. The van der Waals surface area contributed by atoms with Crippen LogP contribution in [0.15, 0.2) is 43.0 Å². The predicted octanol–water partition coefficient (Wildman–Crippen LogP) is 3.86. The molecule has 3 nitrogen and oxygen atoms in total. The van der Waals surface area contributed by atoms with Crippen LogP contribution in [0.3, 0.4) is 0 Å². The van der Waals surface area contributed by atoms with Crippen LogP contribution in [-0.4, -0.2) is 21.8 Å². The van der Waals surface area contributed by atoms with Gasteiger partial charge in [-0.2, -0.15) is 13.2 Å². The van der Waals surface area contributed by atoms with Gasteiger partial charge in [-0.05, 0) is 31.5 Å². The second kappa shape index (κ2) is 6.30. The van der Waals surface area contributed by atoms with Gasteiger partial charge in [-0.3, -0.25) is 0 Å². The first-order valence-electron chi connectivity index (χ1n) is 6.76. The molecule has 0 fully saturated rings. The minimum atomic E-state index is -4.14. The number of nitrogens with zero attached hydrogens (tertiary/aromatic N) is 2. The van der Waals surface area contributed by atoms with Crippen LogP contribution in [0, 0.1) is 0 Å². The van der Waals surface area contributed by atoms with Gasteiger partial charge < -0.3 is 9.88 Å². The van der Waals surface area contributed by atoms with Gasteiger partial charge in [0.2, 0.25) is 0 Å². The highest BCUT2D eigenvalue weighted by Gasteiger charge is 2.30. The summed E-state index contributed by atoms with van der Waals surface area (Å²) in [4.78, 5) is 3.97. The first-order valence-corrected chi connectivity index (χ1v) is 6.76. The van der Waals surface area contributed by atoms with Crippen LogP contribution >= 0.6 is 0 Å². The highest BCUT2D eigenvalue weighted by atomic mass is 19.4. The SMILES string of the molecule is CC(CC(F)(F)F)NC(C)c1ccc(-n2ccnc2)cc1. The molecular formula is C15H18F3N3. The fourth-order valence-corrected chi connectivity index (χ4v) is 2.28. The number of alkyl halides is 3. The zero-order valence-electron chi connectivity index (χ0n) is 11.9. The molecule has 2 aromatic rings. The van der Waals surface area contributed by atoms with Crippen LogP contribution in [0.25, 0.3) is 5.69 Å². The lowest BCUT2D eigenvalue weighted by Crippen LogP contribution is -2.33. The second-order valence-electron chi connectivity index (χ2n) is 5.17. The van der Waals surface area contributed by atoms with Crippen LogP contribution in [0.4, 0.5) is 13.2 Å². The van der Waals surface area contributed by atoms with Crippen LogP contribution in [0.5, 0.6) is 0 Å². The minimum absolute atomic E-state index is 0.140. The fourth-order valence-electron chi connectivity index (χ4n) is 2.28. The average molecular weight is 297 g/mol. The van der Waals surface area contributed by atoms with E-state index in [4.69, 9.17) is 0 Å². The van der Waals surface area contributed by atoms with E-state index in [1.165, 1.54) is 0 Å². The normalized spacial score (nSPS) is 14.9. The standard InChI is InChI=1S/C15H18F3N3/c1-11(9-15(16,17)18)20-12(2)13-3-5-14(6-4-13)21-8-7-19-10-21/h3-8,10-12,20H,9H2,1-2H3. The van der Waals surface area contributed by atoms with E-state index in [9.17, 15) is 13.2 Å². The molecule has 6 heteroatoms. The van der Waals surface area contributed by atoms with Crippen molar-refractivity contribution in [3.63, 3.8) is 0 Å². The number of hydrogen-bond acceptors (Lipinski definition) is 2. The van der Waals surface area contributed by atoms with Gasteiger partial charge in [0.1, 0.15) is 0 Å². The van der Waals surface area contributed by atoms with Gasteiger partial charge in [0.15, 0.2) is 0 Å². The Kier molecular flexibility index (Phi) is 4.67. The van der Waals surface area contributed by atoms with Crippen molar-refractivity contribution in [2.75, 3.05) is 0 Å². The van der Waals surface area contributed by atoms with E-state index in [1.54, 1.807) is 19.4 Å². The van der Waals surface area contributed by atoms with E-state index >= 15 is 0 Å². The monoisotopic (exact) mass is 297 g/mol. The number of aromatic nitrogens is 2. The molecule has 0 amide bonds. The lowest BCUT2D eigenvalue weighted by atomic mass is 10.1. The topological polar surface area (TPSA) is 29.9 Å². The molecule has 0 spiro atoms. The molecule has 0 saturated carbocycles. The molecule has 0 aliphatic heterocycles. The van der Waals surface area contributed by atoms with Crippen molar-refractivity contribution in [2.45, 2.75) is 38.5 Å². The van der Waals surface area contributed by atoms with Crippen LogP contribution < -0.4 is 5.32 Å². The lowest BCUT2D eigenvalue weighted by molar-refractivity contribution is -0.139. The maximum absolute atomic E-state index is 12.3. The van der Waals surface area contributed by atoms with Gasteiger partial charge in [-0.15, -0.1) is 0 Å². The summed E-state index contributed by atoms with van der Waals surface area (Å²) < 4.78 is 38.8. The molecule has 0 radical (unpaired) electrons. The Hall–Kier alpha value is -1.82. The van der Waals surface area contributed by atoms with Crippen LogP contribution in [-0.2, 0) is 0 Å². The van der Waals surface area contributed by atoms with E-state index in [2.05, 4.69) is 10.3 Å². The first-order chi connectivity index (χ1) is 9.85. The van der Waals surface area contributed by atoms with E-state index in [-0.39, 0.29) is 6.04 Å². The molecule has 1 aromatic carbocycles. The quantitative estimate of drug-likeness (QED) is 0.908. The van der Waals surface area contributed by atoms with Crippen molar-refractivity contribution in [1.29, 1.82) is 0 Å². The smallest absolute Gasteiger partial charge is 0.307 e. The summed E-state index contributed by atoms with van der Waals surface area (Å²) >= 11 is 0. The summed E-state index contributed by atoms with van der Waals surface area (Å²) in [6.45, 7) is 3.41. The van der Waals surface area contributed by atoms with E-state index in [0.29, 0.717) is 0 Å².